The highest BCUT2D eigenvalue weighted by Gasteiger charge is 2.28. The zero-order valence-electron chi connectivity index (χ0n) is 6.61. The fourth-order valence-corrected chi connectivity index (χ4v) is 1.37. The normalized spacial score (nSPS) is 14.2. The third kappa shape index (κ3) is 0.859. The Morgan fingerprint density at radius 3 is 2.38 bits per heavy atom. The lowest BCUT2D eigenvalue weighted by atomic mass is 10.1. The third-order valence-corrected chi connectivity index (χ3v) is 2.00. The van der Waals surface area contributed by atoms with Gasteiger partial charge in [-0.3, -0.25) is 4.79 Å². The Kier molecular flexibility index (Phi) is 1.43. The molecular weight excluding hydrogens is 166 g/mol. The van der Waals surface area contributed by atoms with E-state index in [-0.39, 0.29) is 11.3 Å². The predicted octanol–water partition coefficient (Wildman–Crippen LogP) is 1.68. The van der Waals surface area contributed by atoms with E-state index in [1.807, 2.05) is 0 Å². The van der Waals surface area contributed by atoms with E-state index in [1.54, 1.807) is 30.3 Å². The number of nitriles is 1. The molecule has 1 aliphatic rings. The van der Waals surface area contributed by atoms with Gasteiger partial charge in [0.2, 0.25) is 5.78 Å². The van der Waals surface area contributed by atoms with E-state index in [4.69, 9.17) is 5.26 Å². The van der Waals surface area contributed by atoms with Crippen LogP contribution in [-0.4, -0.2) is 10.9 Å². The maximum absolute atomic E-state index is 11.4. The van der Waals surface area contributed by atoms with E-state index < -0.39 is 5.78 Å². The van der Waals surface area contributed by atoms with Gasteiger partial charge in [-0.05, 0) is 0 Å². The highest BCUT2D eigenvalue weighted by molar-refractivity contribution is 6.21. The fraction of sp³-hybridized carbons (Fsp3) is 0. The van der Waals surface area contributed by atoms with Gasteiger partial charge in [0.25, 0.3) is 0 Å². The molecular formula is C10H5NO2. The van der Waals surface area contributed by atoms with Gasteiger partial charge in [-0.1, -0.05) is 24.3 Å². The van der Waals surface area contributed by atoms with Gasteiger partial charge in [-0.15, -0.1) is 0 Å². The second-order valence-corrected chi connectivity index (χ2v) is 2.71. The summed E-state index contributed by atoms with van der Waals surface area (Å²) < 4.78 is 0. The number of rotatable bonds is 0. The van der Waals surface area contributed by atoms with Crippen molar-refractivity contribution in [2.45, 2.75) is 0 Å². The molecule has 62 valence electrons. The topological polar surface area (TPSA) is 61.1 Å². The Hall–Kier alpha value is -2.08. The molecule has 1 aromatic carbocycles. The molecule has 0 aliphatic heterocycles. The SMILES string of the molecule is N#CC1=C(O)c2ccccc2C1=O. The second kappa shape index (κ2) is 2.46. The molecule has 0 bridgehead atoms. The van der Waals surface area contributed by atoms with Gasteiger partial charge in [-0.25, -0.2) is 0 Å². The molecule has 0 aromatic heterocycles. The number of fused-ring (bicyclic) bond motifs is 1. The summed E-state index contributed by atoms with van der Waals surface area (Å²) in [7, 11) is 0. The highest BCUT2D eigenvalue weighted by atomic mass is 16.3. The second-order valence-electron chi connectivity index (χ2n) is 2.71. The molecule has 0 saturated heterocycles. The van der Waals surface area contributed by atoms with Gasteiger partial charge < -0.3 is 5.11 Å². The predicted molar refractivity (Wildman–Crippen MR) is 45.9 cm³/mol. The standard InChI is InChI=1S/C10H5NO2/c11-5-8-9(12)6-3-1-2-4-7(6)10(8)13/h1-4,12H. The van der Waals surface area contributed by atoms with Crippen LogP contribution in [-0.2, 0) is 0 Å². The molecule has 0 unspecified atom stereocenters. The van der Waals surface area contributed by atoms with Crippen molar-refractivity contribution in [3.63, 3.8) is 0 Å². The van der Waals surface area contributed by atoms with Gasteiger partial charge in [-0.2, -0.15) is 5.26 Å². The summed E-state index contributed by atoms with van der Waals surface area (Å²) in [5, 5.41) is 18.0. The van der Waals surface area contributed by atoms with E-state index >= 15 is 0 Å². The maximum Gasteiger partial charge on any atom is 0.208 e. The average molecular weight is 171 g/mol. The highest BCUT2D eigenvalue weighted by Crippen LogP contribution is 2.29. The van der Waals surface area contributed by atoms with Gasteiger partial charge in [0, 0.05) is 11.1 Å². The molecule has 0 amide bonds. The van der Waals surface area contributed by atoms with E-state index in [2.05, 4.69) is 0 Å². The van der Waals surface area contributed by atoms with E-state index in [1.165, 1.54) is 0 Å². The molecule has 0 spiro atoms. The molecule has 1 N–H and O–H groups in total. The molecule has 3 nitrogen and oxygen atoms in total. The summed E-state index contributed by atoms with van der Waals surface area (Å²) in [6.07, 6.45) is 0. The maximum atomic E-state index is 11.4. The summed E-state index contributed by atoms with van der Waals surface area (Å²) in [5.41, 5.74) is 0.682. The summed E-state index contributed by atoms with van der Waals surface area (Å²) >= 11 is 0. The van der Waals surface area contributed by atoms with Crippen molar-refractivity contribution < 1.29 is 9.90 Å². The fourth-order valence-electron chi connectivity index (χ4n) is 1.37. The van der Waals surface area contributed by atoms with Gasteiger partial charge in [0.1, 0.15) is 17.4 Å². The lowest BCUT2D eigenvalue weighted by Crippen LogP contribution is -1.95. The minimum atomic E-state index is -0.393. The van der Waals surface area contributed by atoms with Gasteiger partial charge >= 0.3 is 0 Å². The number of carbonyl (C=O) groups is 1. The zero-order valence-corrected chi connectivity index (χ0v) is 6.61. The molecule has 0 fully saturated rings. The lowest BCUT2D eigenvalue weighted by molar-refractivity contribution is 0.104. The molecule has 3 heteroatoms. The van der Waals surface area contributed by atoms with Crippen LogP contribution in [0.2, 0.25) is 0 Å². The molecule has 1 aromatic rings. The van der Waals surface area contributed by atoms with Crippen molar-refractivity contribution in [3.8, 4) is 6.07 Å². The van der Waals surface area contributed by atoms with Gasteiger partial charge in [0.15, 0.2) is 0 Å². The summed E-state index contributed by atoms with van der Waals surface area (Å²) in [6, 6.07) is 8.31. The van der Waals surface area contributed by atoms with Crippen LogP contribution in [0.25, 0.3) is 5.76 Å². The first-order chi connectivity index (χ1) is 6.25. The van der Waals surface area contributed by atoms with Crippen LogP contribution in [0.15, 0.2) is 29.8 Å². The first-order valence-corrected chi connectivity index (χ1v) is 3.73. The van der Waals surface area contributed by atoms with E-state index in [0.29, 0.717) is 11.1 Å². The van der Waals surface area contributed by atoms with Crippen LogP contribution in [0.3, 0.4) is 0 Å². The van der Waals surface area contributed by atoms with Crippen LogP contribution in [0.5, 0.6) is 0 Å². The number of ketones is 1. The number of aliphatic hydroxyl groups is 1. The molecule has 1 aliphatic carbocycles. The Labute approximate surface area is 74.5 Å². The van der Waals surface area contributed by atoms with Crippen LogP contribution in [0, 0.1) is 11.3 Å². The third-order valence-electron chi connectivity index (χ3n) is 2.00. The number of hydrogen-bond acceptors (Lipinski definition) is 3. The summed E-state index contributed by atoms with van der Waals surface area (Å²) in [6.45, 7) is 0. The van der Waals surface area contributed by atoms with Crippen molar-refractivity contribution in [2.75, 3.05) is 0 Å². The minimum absolute atomic E-state index is 0.166. The Bertz CT molecular complexity index is 466. The number of hydrogen-bond donors (Lipinski definition) is 1. The number of allylic oxidation sites excluding steroid dienone is 1. The largest absolute Gasteiger partial charge is 0.506 e. The van der Waals surface area contributed by atoms with Crippen LogP contribution in [0.4, 0.5) is 0 Å². The van der Waals surface area contributed by atoms with E-state index in [0.717, 1.165) is 0 Å². The number of nitrogens with zero attached hydrogens (tertiary/aromatic N) is 1. The quantitative estimate of drug-likeness (QED) is 0.645. The molecule has 2 rings (SSSR count). The molecule has 0 atom stereocenters. The Balaban J connectivity index is 2.74. The molecule has 0 saturated carbocycles. The number of benzene rings is 1. The number of carbonyl (C=O) groups excluding carboxylic acids is 1. The number of aliphatic hydroxyl groups excluding tert-OH is 1. The van der Waals surface area contributed by atoms with Crippen LogP contribution >= 0.6 is 0 Å². The summed E-state index contributed by atoms with van der Waals surface area (Å²) in [5.74, 6) is -0.598. The summed E-state index contributed by atoms with van der Waals surface area (Å²) in [4.78, 5) is 11.4. The number of Topliss-reactive ketones (excluding diaryl/α,β-unsaturated/α-hetero) is 1. The van der Waals surface area contributed by atoms with Crippen molar-refractivity contribution in [2.24, 2.45) is 0 Å². The van der Waals surface area contributed by atoms with Crippen molar-refractivity contribution in [3.05, 3.63) is 41.0 Å². The monoisotopic (exact) mass is 171 g/mol. The minimum Gasteiger partial charge on any atom is -0.506 e. The van der Waals surface area contributed by atoms with E-state index in [9.17, 15) is 9.90 Å². The van der Waals surface area contributed by atoms with Crippen molar-refractivity contribution in [1.29, 1.82) is 5.26 Å². The lowest BCUT2D eigenvalue weighted by Gasteiger charge is -1.94. The van der Waals surface area contributed by atoms with Gasteiger partial charge in [0.05, 0.1) is 0 Å². The Morgan fingerprint density at radius 1 is 1.23 bits per heavy atom. The average Bonchev–Trinajstić information content (AvgIpc) is 2.41. The molecule has 13 heavy (non-hydrogen) atoms. The smallest absolute Gasteiger partial charge is 0.208 e. The molecule has 0 radical (unpaired) electrons. The van der Waals surface area contributed by atoms with Crippen LogP contribution in [0.1, 0.15) is 15.9 Å². The first-order valence-electron chi connectivity index (χ1n) is 3.73. The Morgan fingerprint density at radius 2 is 1.85 bits per heavy atom. The van der Waals surface area contributed by atoms with Crippen molar-refractivity contribution in [1.82, 2.24) is 0 Å². The van der Waals surface area contributed by atoms with Crippen molar-refractivity contribution >= 4 is 11.5 Å². The molecule has 0 heterocycles. The van der Waals surface area contributed by atoms with Crippen LogP contribution < -0.4 is 0 Å². The zero-order chi connectivity index (χ0) is 9.42. The first kappa shape index (κ1) is 7.56.